The van der Waals surface area contributed by atoms with Crippen LogP contribution in [0.1, 0.15) is 56.9 Å². The Labute approximate surface area is 115 Å². The van der Waals surface area contributed by atoms with E-state index in [0.29, 0.717) is 17.2 Å². The van der Waals surface area contributed by atoms with Gasteiger partial charge in [-0.25, -0.2) is 4.79 Å². The van der Waals surface area contributed by atoms with Crippen molar-refractivity contribution in [2.24, 2.45) is 0 Å². The fourth-order valence-corrected chi connectivity index (χ4v) is 2.69. The summed E-state index contributed by atoms with van der Waals surface area (Å²) in [5.74, 6) is 0.903. The molecule has 102 valence electrons. The molecule has 2 nitrogen and oxygen atoms in total. The van der Waals surface area contributed by atoms with E-state index in [2.05, 4.69) is 12.6 Å². The number of hydrogen-bond donors (Lipinski definition) is 0. The summed E-state index contributed by atoms with van der Waals surface area (Å²) < 4.78 is 5.46. The Hall–Kier alpha value is -1.57. The van der Waals surface area contributed by atoms with Crippen molar-refractivity contribution in [3.8, 4) is 5.75 Å². The van der Waals surface area contributed by atoms with Crippen molar-refractivity contribution in [1.29, 1.82) is 0 Å². The Morgan fingerprint density at radius 2 is 1.79 bits per heavy atom. The third-order valence-corrected chi connectivity index (χ3v) is 3.77. The number of rotatable bonds is 3. The van der Waals surface area contributed by atoms with E-state index < -0.39 is 0 Å². The van der Waals surface area contributed by atoms with E-state index in [1.165, 1.54) is 44.1 Å². The van der Waals surface area contributed by atoms with Gasteiger partial charge in [-0.3, -0.25) is 0 Å². The van der Waals surface area contributed by atoms with Crippen LogP contribution in [0.3, 0.4) is 0 Å². The predicted molar refractivity (Wildman–Crippen MR) is 77.3 cm³/mol. The van der Waals surface area contributed by atoms with Gasteiger partial charge in [-0.1, -0.05) is 50.5 Å². The summed E-state index contributed by atoms with van der Waals surface area (Å²) in [5.41, 5.74) is 1.62. The third kappa shape index (κ3) is 3.69. The van der Waals surface area contributed by atoms with Crippen LogP contribution in [0.4, 0.5) is 0 Å². The van der Waals surface area contributed by atoms with Crippen molar-refractivity contribution in [1.82, 2.24) is 0 Å². The first-order valence-corrected chi connectivity index (χ1v) is 7.15. The Morgan fingerprint density at radius 3 is 2.42 bits per heavy atom. The zero-order chi connectivity index (χ0) is 13.7. The lowest BCUT2D eigenvalue weighted by molar-refractivity contribution is -0.130. The van der Waals surface area contributed by atoms with E-state index in [1.54, 1.807) is 6.92 Å². The minimum Gasteiger partial charge on any atom is -0.423 e. The molecular weight excluding hydrogens is 236 g/mol. The predicted octanol–water partition coefficient (Wildman–Crippen LogP) is 4.61. The van der Waals surface area contributed by atoms with Gasteiger partial charge in [-0.05, 0) is 37.3 Å². The van der Waals surface area contributed by atoms with Crippen molar-refractivity contribution < 1.29 is 9.53 Å². The fraction of sp³-hybridized carbons (Fsp3) is 0.471. The van der Waals surface area contributed by atoms with Gasteiger partial charge in [0.15, 0.2) is 0 Å². The number of para-hydroxylation sites is 1. The van der Waals surface area contributed by atoms with Gasteiger partial charge < -0.3 is 4.74 Å². The molecular formula is C17H22O2. The van der Waals surface area contributed by atoms with Gasteiger partial charge in [0, 0.05) is 5.57 Å². The zero-order valence-electron chi connectivity index (χ0n) is 11.7. The molecule has 0 aliphatic heterocycles. The number of hydrogen-bond acceptors (Lipinski definition) is 2. The Kier molecular flexibility index (Phi) is 4.78. The first kappa shape index (κ1) is 13.9. The molecule has 0 spiro atoms. The molecule has 0 heterocycles. The van der Waals surface area contributed by atoms with E-state index in [-0.39, 0.29) is 5.97 Å². The van der Waals surface area contributed by atoms with E-state index in [1.807, 2.05) is 18.2 Å². The highest BCUT2D eigenvalue weighted by molar-refractivity contribution is 5.88. The largest absolute Gasteiger partial charge is 0.423 e. The fourth-order valence-electron chi connectivity index (χ4n) is 2.69. The van der Waals surface area contributed by atoms with E-state index in [4.69, 9.17) is 4.74 Å². The van der Waals surface area contributed by atoms with Crippen LogP contribution < -0.4 is 4.74 Å². The van der Waals surface area contributed by atoms with Crippen molar-refractivity contribution >= 4 is 5.97 Å². The summed E-state index contributed by atoms with van der Waals surface area (Å²) in [6, 6.07) is 7.93. The Bertz CT molecular complexity index is 454. The number of esters is 1. The van der Waals surface area contributed by atoms with Crippen LogP contribution in [-0.2, 0) is 4.79 Å². The summed E-state index contributed by atoms with van der Waals surface area (Å²) in [6.07, 6.45) is 7.58. The molecule has 0 N–H and O–H groups in total. The monoisotopic (exact) mass is 258 g/mol. The lowest BCUT2D eigenvalue weighted by Gasteiger charge is -2.18. The summed E-state index contributed by atoms with van der Waals surface area (Å²) in [5, 5.41) is 0. The van der Waals surface area contributed by atoms with Crippen LogP contribution in [0.15, 0.2) is 36.4 Å². The van der Waals surface area contributed by atoms with Gasteiger partial charge in [-0.2, -0.15) is 0 Å². The molecule has 1 aromatic carbocycles. The second-order valence-corrected chi connectivity index (χ2v) is 5.40. The number of carbonyl (C=O) groups is 1. The van der Waals surface area contributed by atoms with Gasteiger partial charge in [-0.15, -0.1) is 0 Å². The van der Waals surface area contributed by atoms with E-state index in [0.717, 1.165) is 0 Å². The van der Waals surface area contributed by atoms with Gasteiger partial charge in [0.25, 0.3) is 0 Å². The van der Waals surface area contributed by atoms with Crippen LogP contribution in [0.25, 0.3) is 0 Å². The minimum absolute atomic E-state index is 0.332. The maximum Gasteiger partial charge on any atom is 0.338 e. The molecule has 1 saturated carbocycles. The number of carbonyl (C=O) groups excluding carboxylic acids is 1. The molecule has 0 saturated heterocycles. The molecule has 0 bridgehead atoms. The topological polar surface area (TPSA) is 26.3 Å². The smallest absolute Gasteiger partial charge is 0.338 e. The molecule has 0 atom stereocenters. The second-order valence-electron chi connectivity index (χ2n) is 5.40. The molecule has 19 heavy (non-hydrogen) atoms. The average molecular weight is 258 g/mol. The molecule has 0 radical (unpaired) electrons. The van der Waals surface area contributed by atoms with Crippen LogP contribution in [0.2, 0.25) is 0 Å². The first-order chi connectivity index (χ1) is 9.18. The highest BCUT2D eigenvalue weighted by Crippen LogP contribution is 2.36. The maximum atomic E-state index is 11.7. The second kappa shape index (κ2) is 6.55. The molecule has 1 aliphatic carbocycles. The van der Waals surface area contributed by atoms with Gasteiger partial charge in [0.2, 0.25) is 0 Å². The SMILES string of the molecule is C=C(C)C(=O)Oc1ccccc1C1CCCCCC1. The highest BCUT2D eigenvalue weighted by Gasteiger charge is 2.19. The van der Waals surface area contributed by atoms with Crippen molar-refractivity contribution in [3.05, 3.63) is 42.0 Å². The lowest BCUT2D eigenvalue weighted by Crippen LogP contribution is -2.11. The van der Waals surface area contributed by atoms with Crippen molar-refractivity contribution in [2.75, 3.05) is 0 Å². The van der Waals surface area contributed by atoms with Crippen molar-refractivity contribution in [2.45, 2.75) is 51.4 Å². The van der Waals surface area contributed by atoms with Crippen LogP contribution >= 0.6 is 0 Å². The molecule has 0 aromatic heterocycles. The van der Waals surface area contributed by atoms with Gasteiger partial charge in [0.1, 0.15) is 5.75 Å². The van der Waals surface area contributed by atoms with Crippen LogP contribution in [-0.4, -0.2) is 5.97 Å². The molecule has 1 aromatic rings. The summed E-state index contributed by atoms with van der Waals surface area (Å²) >= 11 is 0. The normalized spacial score (nSPS) is 16.7. The van der Waals surface area contributed by atoms with E-state index in [9.17, 15) is 4.79 Å². The van der Waals surface area contributed by atoms with Gasteiger partial charge >= 0.3 is 5.97 Å². The zero-order valence-corrected chi connectivity index (χ0v) is 11.7. The number of benzene rings is 1. The molecule has 0 unspecified atom stereocenters. The minimum atomic E-state index is -0.332. The van der Waals surface area contributed by atoms with Crippen LogP contribution in [0, 0.1) is 0 Å². The maximum absolute atomic E-state index is 11.7. The van der Waals surface area contributed by atoms with Crippen LogP contribution in [0.5, 0.6) is 5.75 Å². The molecule has 2 heteroatoms. The quantitative estimate of drug-likeness (QED) is 0.342. The first-order valence-electron chi connectivity index (χ1n) is 7.15. The highest BCUT2D eigenvalue weighted by atomic mass is 16.5. The van der Waals surface area contributed by atoms with Crippen molar-refractivity contribution in [3.63, 3.8) is 0 Å². The molecule has 1 aliphatic rings. The number of ether oxygens (including phenoxy) is 1. The average Bonchev–Trinajstić information content (AvgIpc) is 2.68. The molecule has 1 fully saturated rings. The lowest BCUT2D eigenvalue weighted by atomic mass is 9.91. The summed E-state index contributed by atoms with van der Waals surface area (Å²) in [7, 11) is 0. The molecule has 0 amide bonds. The van der Waals surface area contributed by atoms with E-state index >= 15 is 0 Å². The Balaban J connectivity index is 2.19. The summed E-state index contributed by atoms with van der Waals surface area (Å²) in [6.45, 7) is 5.31. The van der Waals surface area contributed by atoms with Gasteiger partial charge in [0.05, 0.1) is 0 Å². The molecule has 2 rings (SSSR count). The Morgan fingerprint density at radius 1 is 1.16 bits per heavy atom. The third-order valence-electron chi connectivity index (χ3n) is 3.77. The summed E-state index contributed by atoms with van der Waals surface area (Å²) in [4.78, 5) is 11.7. The standard InChI is InChI=1S/C17H22O2/c1-13(2)17(18)19-16-12-8-7-11-15(16)14-9-5-3-4-6-10-14/h7-8,11-12,14H,1,3-6,9-10H2,2H3.